The summed E-state index contributed by atoms with van der Waals surface area (Å²) in [4.78, 5) is 24.7. The fourth-order valence-electron chi connectivity index (χ4n) is 3.89. The van der Waals surface area contributed by atoms with Crippen LogP contribution in [0, 0.1) is 0 Å². The molecule has 0 aliphatic carbocycles. The summed E-state index contributed by atoms with van der Waals surface area (Å²) < 4.78 is 0. The highest BCUT2D eigenvalue weighted by atomic mass is 16.2. The number of H-pyrrole nitrogens is 1. The summed E-state index contributed by atoms with van der Waals surface area (Å²) in [5, 5.41) is 14.6. The summed E-state index contributed by atoms with van der Waals surface area (Å²) in [6, 6.07) is 32.5. The number of Topliss-reactive ketones (excluding diaryl/α,β-unsaturated/α-hetero) is 1. The molecule has 0 aliphatic heterocycles. The van der Waals surface area contributed by atoms with Gasteiger partial charge in [-0.05, 0) is 53.6 Å². The monoisotopic (exact) mass is 472 g/mol. The third-order valence-electron chi connectivity index (χ3n) is 5.70. The lowest BCUT2D eigenvalue weighted by Crippen LogP contribution is -2.24. The van der Waals surface area contributed by atoms with Gasteiger partial charge in [0.25, 0.3) is 5.91 Å². The molecule has 0 bridgehead atoms. The Morgan fingerprint density at radius 2 is 1.47 bits per heavy atom. The van der Waals surface area contributed by atoms with Gasteiger partial charge in [-0.15, -0.1) is 0 Å². The number of aromatic nitrogens is 2. The van der Waals surface area contributed by atoms with Crippen LogP contribution in [0.2, 0.25) is 0 Å². The third-order valence-corrected chi connectivity index (χ3v) is 5.70. The number of amides is 1. The molecule has 1 amide bonds. The predicted octanol–water partition coefficient (Wildman–Crippen LogP) is 6.23. The van der Waals surface area contributed by atoms with Gasteiger partial charge in [-0.1, -0.05) is 72.8 Å². The van der Waals surface area contributed by atoms with E-state index in [0.29, 0.717) is 5.69 Å². The van der Waals surface area contributed by atoms with Crippen LogP contribution in [0.15, 0.2) is 103 Å². The zero-order chi connectivity index (χ0) is 24.7. The molecule has 176 valence electrons. The van der Waals surface area contributed by atoms with E-state index in [9.17, 15) is 9.59 Å². The Kier molecular flexibility index (Phi) is 6.67. The number of nitrogens with one attached hydrogen (secondary N) is 3. The quantitative estimate of drug-likeness (QED) is 0.234. The van der Waals surface area contributed by atoms with Crippen LogP contribution >= 0.6 is 0 Å². The van der Waals surface area contributed by atoms with Crippen LogP contribution in [0.1, 0.15) is 16.8 Å². The van der Waals surface area contributed by atoms with E-state index in [1.165, 1.54) is 0 Å². The van der Waals surface area contributed by atoms with Gasteiger partial charge in [-0.25, -0.2) is 0 Å². The third kappa shape index (κ3) is 5.56. The Morgan fingerprint density at radius 1 is 0.750 bits per heavy atom. The van der Waals surface area contributed by atoms with Crippen molar-refractivity contribution in [3.8, 4) is 0 Å². The molecule has 0 aliphatic rings. The molecule has 4 aromatic carbocycles. The number of hydrogen-bond acceptors (Lipinski definition) is 4. The van der Waals surface area contributed by atoms with E-state index in [1.807, 2.05) is 103 Å². The maximum atomic E-state index is 12.4. The van der Waals surface area contributed by atoms with E-state index in [4.69, 9.17) is 0 Å². The van der Waals surface area contributed by atoms with Crippen molar-refractivity contribution in [3.05, 3.63) is 120 Å². The SMILES string of the molecule is O=C(Cc1ccccc1)C(=O)Nc1cccc(Nc2ccc3c(/C=C/c4ccccc4)n[nH]c3c2)c1. The van der Waals surface area contributed by atoms with E-state index in [-0.39, 0.29) is 6.42 Å². The van der Waals surface area contributed by atoms with Crippen LogP contribution in [0.25, 0.3) is 23.1 Å². The average Bonchev–Trinajstić information content (AvgIpc) is 3.31. The minimum Gasteiger partial charge on any atom is -0.355 e. The number of benzene rings is 4. The van der Waals surface area contributed by atoms with Crippen LogP contribution in [0.5, 0.6) is 0 Å². The second-order valence-electron chi connectivity index (χ2n) is 8.36. The van der Waals surface area contributed by atoms with E-state index < -0.39 is 11.7 Å². The molecule has 0 radical (unpaired) electrons. The zero-order valence-corrected chi connectivity index (χ0v) is 19.4. The molecule has 0 saturated carbocycles. The van der Waals surface area contributed by atoms with E-state index in [1.54, 1.807) is 12.1 Å². The van der Waals surface area contributed by atoms with Crippen LogP contribution in [-0.2, 0) is 16.0 Å². The number of anilines is 3. The topological polar surface area (TPSA) is 86.9 Å². The second kappa shape index (κ2) is 10.5. The van der Waals surface area contributed by atoms with Crippen molar-refractivity contribution in [2.75, 3.05) is 10.6 Å². The minimum absolute atomic E-state index is 0.0668. The molecule has 5 rings (SSSR count). The van der Waals surface area contributed by atoms with Gasteiger partial charge >= 0.3 is 0 Å². The van der Waals surface area contributed by atoms with Gasteiger partial charge < -0.3 is 10.6 Å². The maximum Gasteiger partial charge on any atom is 0.292 e. The normalized spacial score (nSPS) is 11.0. The Balaban J connectivity index is 1.25. The second-order valence-corrected chi connectivity index (χ2v) is 8.36. The Bertz CT molecular complexity index is 1540. The molecule has 0 atom stereocenters. The van der Waals surface area contributed by atoms with Crippen molar-refractivity contribution < 1.29 is 9.59 Å². The van der Waals surface area contributed by atoms with Gasteiger partial charge in [0, 0.05) is 28.9 Å². The number of hydrogen-bond donors (Lipinski definition) is 3. The van der Waals surface area contributed by atoms with Gasteiger partial charge in [0.05, 0.1) is 11.2 Å². The number of carbonyl (C=O) groups excluding carboxylic acids is 2. The zero-order valence-electron chi connectivity index (χ0n) is 19.4. The van der Waals surface area contributed by atoms with Gasteiger partial charge in [0.1, 0.15) is 0 Å². The molecule has 0 saturated heterocycles. The minimum atomic E-state index is -0.633. The molecule has 3 N–H and O–H groups in total. The molecular weight excluding hydrogens is 448 g/mol. The molecule has 1 aromatic heterocycles. The molecule has 0 spiro atoms. The lowest BCUT2D eigenvalue weighted by Gasteiger charge is -2.10. The van der Waals surface area contributed by atoms with Gasteiger partial charge in [-0.3, -0.25) is 14.7 Å². The van der Waals surface area contributed by atoms with Crippen molar-refractivity contribution in [1.82, 2.24) is 10.2 Å². The van der Waals surface area contributed by atoms with Crippen LogP contribution in [0.4, 0.5) is 17.1 Å². The first kappa shape index (κ1) is 22.8. The summed E-state index contributed by atoms with van der Waals surface area (Å²) in [7, 11) is 0. The van der Waals surface area contributed by atoms with E-state index >= 15 is 0 Å². The summed E-state index contributed by atoms with van der Waals surface area (Å²) in [6.45, 7) is 0. The van der Waals surface area contributed by atoms with Crippen molar-refractivity contribution >= 4 is 51.8 Å². The molecule has 36 heavy (non-hydrogen) atoms. The van der Waals surface area contributed by atoms with E-state index in [2.05, 4.69) is 20.8 Å². The number of ketones is 1. The molecule has 0 fully saturated rings. The number of fused-ring (bicyclic) bond motifs is 1. The highest BCUT2D eigenvalue weighted by molar-refractivity contribution is 6.41. The summed E-state index contributed by atoms with van der Waals surface area (Å²) in [5.41, 5.74) is 5.89. The molecule has 6 heteroatoms. The highest BCUT2D eigenvalue weighted by Gasteiger charge is 2.14. The lowest BCUT2D eigenvalue weighted by molar-refractivity contribution is -0.134. The van der Waals surface area contributed by atoms with Gasteiger partial charge in [-0.2, -0.15) is 5.10 Å². The standard InChI is InChI=1S/C30H24N4O2/c35-29(18-22-10-5-2-6-11-22)30(36)32-24-13-7-12-23(19-24)31-25-15-16-26-27(33-34-28(26)20-25)17-14-21-8-3-1-4-9-21/h1-17,19-20,31H,18H2,(H,32,36)(H,33,34)/b17-14+. The lowest BCUT2D eigenvalue weighted by atomic mass is 10.1. The Morgan fingerprint density at radius 3 is 2.28 bits per heavy atom. The van der Waals surface area contributed by atoms with E-state index in [0.717, 1.165) is 39.1 Å². The fourth-order valence-corrected chi connectivity index (χ4v) is 3.89. The first-order valence-electron chi connectivity index (χ1n) is 11.6. The Hall–Kier alpha value is -4.97. The number of carbonyl (C=O) groups is 2. The van der Waals surface area contributed by atoms with Gasteiger partial charge in [0.15, 0.2) is 0 Å². The maximum absolute atomic E-state index is 12.4. The molecule has 6 nitrogen and oxygen atoms in total. The van der Waals surface area contributed by atoms with Crippen molar-refractivity contribution in [2.45, 2.75) is 6.42 Å². The molecule has 1 heterocycles. The summed E-state index contributed by atoms with van der Waals surface area (Å²) >= 11 is 0. The molecular formula is C30H24N4O2. The number of nitrogens with zero attached hydrogens (tertiary/aromatic N) is 1. The first-order chi connectivity index (χ1) is 17.6. The largest absolute Gasteiger partial charge is 0.355 e. The Labute approximate surface area is 208 Å². The van der Waals surface area contributed by atoms with Gasteiger partial charge in [0.2, 0.25) is 5.78 Å². The smallest absolute Gasteiger partial charge is 0.292 e. The first-order valence-corrected chi connectivity index (χ1v) is 11.6. The number of rotatable bonds is 8. The fraction of sp³-hybridized carbons (Fsp3) is 0.0333. The van der Waals surface area contributed by atoms with Crippen molar-refractivity contribution in [2.24, 2.45) is 0 Å². The van der Waals surface area contributed by atoms with Crippen LogP contribution in [-0.4, -0.2) is 21.9 Å². The molecule has 0 unspecified atom stereocenters. The highest BCUT2D eigenvalue weighted by Crippen LogP contribution is 2.25. The average molecular weight is 473 g/mol. The van der Waals surface area contributed by atoms with Crippen molar-refractivity contribution in [3.63, 3.8) is 0 Å². The summed E-state index contributed by atoms with van der Waals surface area (Å²) in [6.07, 6.45) is 4.09. The summed E-state index contributed by atoms with van der Waals surface area (Å²) in [5.74, 6) is -1.12. The predicted molar refractivity (Wildman–Crippen MR) is 145 cm³/mol. The van der Waals surface area contributed by atoms with Crippen LogP contribution in [0.3, 0.4) is 0 Å². The van der Waals surface area contributed by atoms with Crippen LogP contribution < -0.4 is 10.6 Å². The number of aromatic amines is 1. The van der Waals surface area contributed by atoms with Crippen molar-refractivity contribution in [1.29, 1.82) is 0 Å². The molecule has 5 aromatic rings.